The summed E-state index contributed by atoms with van der Waals surface area (Å²) in [5.41, 5.74) is 2.80. The van der Waals surface area contributed by atoms with Crippen molar-refractivity contribution < 1.29 is 9.90 Å². The second kappa shape index (κ2) is 6.95. The van der Waals surface area contributed by atoms with Gasteiger partial charge >= 0.3 is 0 Å². The van der Waals surface area contributed by atoms with Crippen LogP contribution in [-0.4, -0.2) is 51.6 Å². The Kier molecular flexibility index (Phi) is 4.94. The van der Waals surface area contributed by atoms with Crippen molar-refractivity contribution in [1.29, 1.82) is 0 Å². The Labute approximate surface area is 140 Å². The zero-order chi connectivity index (χ0) is 16.4. The fourth-order valence-corrected chi connectivity index (χ4v) is 4.03. The number of piperidine rings is 1. The summed E-state index contributed by atoms with van der Waals surface area (Å²) in [5.74, 6) is 0.569. The molecule has 1 aliphatic heterocycles. The van der Waals surface area contributed by atoms with Crippen molar-refractivity contribution in [2.45, 2.75) is 26.7 Å². The third-order valence-electron chi connectivity index (χ3n) is 4.67. The van der Waals surface area contributed by atoms with Crippen molar-refractivity contribution in [1.82, 2.24) is 14.5 Å². The molecule has 1 saturated heterocycles. The summed E-state index contributed by atoms with van der Waals surface area (Å²) in [4.78, 5) is 19.2. The van der Waals surface area contributed by atoms with Crippen LogP contribution >= 0.6 is 11.3 Å². The topological polar surface area (TPSA) is 58.4 Å². The van der Waals surface area contributed by atoms with Crippen molar-refractivity contribution in [3.05, 3.63) is 34.6 Å². The van der Waals surface area contributed by atoms with Gasteiger partial charge in [-0.3, -0.25) is 14.3 Å². The summed E-state index contributed by atoms with van der Waals surface area (Å²) in [7, 11) is 0. The number of carbonyl (C=O) groups excluding carboxylic acids is 1. The molecule has 5 nitrogen and oxygen atoms in total. The van der Waals surface area contributed by atoms with Crippen molar-refractivity contribution in [2.75, 3.05) is 26.2 Å². The average molecular weight is 333 g/mol. The minimum Gasteiger partial charge on any atom is -0.396 e. The Balaban J connectivity index is 1.72. The van der Waals surface area contributed by atoms with Gasteiger partial charge in [0.25, 0.3) is 0 Å². The first-order chi connectivity index (χ1) is 11.1. The fraction of sp³-hybridized carbons (Fsp3) is 0.529. The van der Waals surface area contributed by atoms with E-state index in [0.29, 0.717) is 12.5 Å². The van der Waals surface area contributed by atoms with E-state index in [-0.39, 0.29) is 12.4 Å². The lowest BCUT2D eigenvalue weighted by Gasteiger charge is -2.30. The average Bonchev–Trinajstić information content (AvgIpc) is 3.16. The monoisotopic (exact) mass is 333 g/mol. The highest BCUT2D eigenvalue weighted by Gasteiger charge is 2.23. The maximum atomic E-state index is 12.7. The second-order valence-corrected chi connectivity index (χ2v) is 7.13. The van der Waals surface area contributed by atoms with Gasteiger partial charge < -0.3 is 5.11 Å². The minimum atomic E-state index is 0.170. The molecular weight excluding hydrogens is 310 g/mol. The highest BCUT2D eigenvalue weighted by atomic mass is 32.1. The van der Waals surface area contributed by atoms with E-state index in [1.54, 1.807) is 17.5 Å². The third kappa shape index (κ3) is 3.39. The van der Waals surface area contributed by atoms with Gasteiger partial charge in [-0.15, -0.1) is 11.3 Å². The molecule has 2 aromatic rings. The summed E-state index contributed by atoms with van der Waals surface area (Å²) in [5, 5.41) is 12.1. The van der Waals surface area contributed by atoms with Crippen LogP contribution in [0.25, 0.3) is 5.13 Å². The molecule has 0 amide bonds. The number of nitrogens with zero attached hydrogens (tertiary/aromatic N) is 3. The molecule has 0 radical (unpaired) electrons. The lowest BCUT2D eigenvalue weighted by molar-refractivity contribution is 0.0863. The van der Waals surface area contributed by atoms with Crippen LogP contribution < -0.4 is 0 Å². The van der Waals surface area contributed by atoms with Crippen LogP contribution in [0.15, 0.2) is 17.6 Å². The first-order valence-corrected chi connectivity index (χ1v) is 8.93. The van der Waals surface area contributed by atoms with Gasteiger partial charge in [0.15, 0.2) is 10.9 Å². The van der Waals surface area contributed by atoms with E-state index < -0.39 is 0 Å². The number of likely N-dealkylation sites (tertiary alicyclic amines) is 1. The van der Waals surface area contributed by atoms with Gasteiger partial charge in [-0.05, 0) is 51.8 Å². The van der Waals surface area contributed by atoms with Gasteiger partial charge in [0.2, 0.25) is 0 Å². The summed E-state index contributed by atoms with van der Waals surface area (Å²) in [6.45, 7) is 6.50. The molecule has 0 bridgehead atoms. The summed E-state index contributed by atoms with van der Waals surface area (Å²) in [6, 6.07) is 1.97. The molecule has 0 aromatic carbocycles. The maximum absolute atomic E-state index is 12.7. The van der Waals surface area contributed by atoms with E-state index in [2.05, 4.69) is 14.5 Å². The molecule has 0 unspecified atom stereocenters. The van der Waals surface area contributed by atoms with Crippen LogP contribution in [0.4, 0.5) is 0 Å². The van der Waals surface area contributed by atoms with Crippen LogP contribution in [0.2, 0.25) is 0 Å². The second-order valence-electron chi connectivity index (χ2n) is 6.26. The molecule has 0 atom stereocenters. The van der Waals surface area contributed by atoms with E-state index in [1.807, 2.05) is 25.3 Å². The Morgan fingerprint density at radius 1 is 1.39 bits per heavy atom. The van der Waals surface area contributed by atoms with Crippen molar-refractivity contribution in [3.8, 4) is 5.13 Å². The third-order valence-corrected chi connectivity index (χ3v) is 5.43. The molecule has 0 aliphatic carbocycles. The van der Waals surface area contributed by atoms with Crippen molar-refractivity contribution in [3.63, 3.8) is 0 Å². The molecule has 2 aromatic heterocycles. The minimum absolute atomic E-state index is 0.170. The standard InChI is InChI=1S/C17H23N3O2S/c1-12-9-15(13(2)20(12)17-18-5-8-23-17)16(22)10-19-6-3-14(11-21)4-7-19/h5,8-9,14,21H,3-4,6-7,10-11H2,1-2H3. The van der Waals surface area contributed by atoms with Gasteiger partial charge in [0, 0.05) is 35.1 Å². The first kappa shape index (κ1) is 16.4. The number of thiazole rings is 1. The molecule has 3 rings (SSSR count). The Morgan fingerprint density at radius 2 is 2.13 bits per heavy atom. The first-order valence-electron chi connectivity index (χ1n) is 8.05. The van der Waals surface area contributed by atoms with Crippen molar-refractivity contribution >= 4 is 17.1 Å². The number of ketones is 1. The highest BCUT2D eigenvalue weighted by Crippen LogP contribution is 2.23. The number of hydrogen-bond donors (Lipinski definition) is 1. The van der Waals surface area contributed by atoms with Gasteiger partial charge in [0.1, 0.15) is 0 Å². The Hall–Kier alpha value is -1.50. The lowest BCUT2D eigenvalue weighted by atomic mass is 9.97. The molecule has 23 heavy (non-hydrogen) atoms. The van der Waals surface area contributed by atoms with Gasteiger partial charge in [-0.1, -0.05) is 0 Å². The van der Waals surface area contributed by atoms with Crippen LogP contribution in [0.5, 0.6) is 0 Å². The van der Waals surface area contributed by atoms with Crippen LogP contribution in [0, 0.1) is 19.8 Å². The molecule has 1 aliphatic rings. The summed E-state index contributed by atoms with van der Waals surface area (Å²) >= 11 is 1.57. The smallest absolute Gasteiger partial charge is 0.193 e. The van der Waals surface area contributed by atoms with Crippen molar-refractivity contribution in [2.24, 2.45) is 5.92 Å². The largest absolute Gasteiger partial charge is 0.396 e. The fourth-order valence-electron chi connectivity index (χ4n) is 3.28. The van der Waals surface area contributed by atoms with E-state index in [0.717, 1.165) is 48.0 Å². The van der Waals surface area contributed by atoms with Crippen LogP contribution in [0.3, 0.4) is 0 Å². The number of aromatic nitrogens is 2. The summed E-state index contributed by atoms with van der Waals surface area (Å²) in [6.07, 6.45) is 3.73. The number of aryl methyl sites for hydroxylation is 1. The predicted molar refractivity (Wildman–Crippen MR) is 91.5 cm³/mol. The number of rotatable bonds is 5. The summed E-state index contributed by atoms with van der Waals surface area (Å²) < 4.78 is 2.05. The van der Waals surface area contributed by atoms with Gasteiger partial charge in [0.05, 0.1) is 6.54 Å². The number of Topliss-reactive ketones (excluding diaryl/α,β-unsaturated/α-hetero) is 1. The lowest BCUT2D eigenvalue weighted by Crippen LogP contribution is -2.38. The predicted octanol–water partition coefficient (Wildman–Crippen LogP) is 2.44. The molecule has 124 valence electrons. The normalized spacial score (nSPS) is 16.8. The molecule has 0 spiro atoms. The van der Waals surface area contributed by atoms with E-state index in [1.165, 1.54) is 0 Å². The van der Waals surface area contributed by atoms with Gasteiger partial charge in [-0.2, -0.15) is 0 Å². The quantitative estimate of drug-likeness (QED) is 0.854. The van der Waals surface area contributed by atoms with E-state index in [4.69, 9.17) is 0 Å². The number of aliphatic hydroxyl groups excluding tert-OH is 1. The van der Waals surface area contributed by atoms with E-state index >= 15 is 0 Å². The van der Waals surface area contributed by atoms with Gasteiger partial charge in [-0.25, -0.2) is 4.98 Å². The Morgan fingerprint density at radius 3 is 2.74 bits per heavy atom. The number of carbonyl (C=O) groups is 1. The Bertz CT molecular complexity index is 670. The molecular formula is C17H23N3O2S. The van der Waals surface area contributed by atoms with E-state index in [9.17, 15) is 9.90 Å². The zero-order valence-corrected chi connectivity index (χ0v) is 14.5. The molecule has 3 heterocycles. The molecule has 6 heteroatoms. The maximum Gasteiger partial charge on any atom is 0.193 e. The molecule has 0 saturated carbocycles. The number of hydrogen-bond acceptors (Lipinski definition) is 5. The number of aliphatic hydroxyl groups is 1. The van der Waals surface area contributed by atoms with Crippen LogP contribution in [-0.2, 0) is 0 Å². The molecule has 1 N–H and O–H groups in total. The highest BCUT2D eigenvalue weighted by molar-refractivity contribution is 7.12. The zero-order valence-electron chi connectivity index (χ0n) is 13.7. The van der Waals surface area contributed by atoms with Crippen LogP contribution in [0.1, 0.15) is 34.6 Å². The SMILES string of the molecule is Cc1cc(C(=O)CN2CCC(CO)CC2)c(C)n1-c1nccs1. The molecule has 1 fully saturated rings.